The van der Waals surface area contributed by atoms with E-state index in [0.29, 0.717) is 106 Å². The van der Waals surface area contributed by atoms with Gasteiger partial charge in [0.1, 0.15) is 33.5 Å². The minimum atomic E-state index is -4.25. The van der Waals surface area contributed by atoms with Gasteiger partial charge in [-0.15, -0.1) is 0 Å². The van der Waals surface area contributed by atoms with Gasteiger partial charge in [0, 0.05) is 0 Å². The van der Waals surface area contributed by atoms with E-state index in [0.717, 1.165) is 45.5 Å². The molecule has 63 heavy (non-hydrogen) atoms. The second kappa shape index (κ2) is 14.9. The van der Waals surface area contributed by atoms with Crippen molar-refractivity contribution in [3.63, 3.8) is 0 Å². The van der Waals surface area contributed by atoms with Gasteiger partial charge in [0.25, 0.3) is 0 Å². The van der Waals surface area contributed by atoms with Crippen LogP contribution in [0.25, 0.3) is 89.7 Å². The number of fused-ring (bicyclic) bond motifs is 16. The Hall–Kier alpha value is -7.43. The lowest BCUT2D eigenvalue weighted by molar-refractivity contribution is -1.10. The molecule has 6 heterocycles. The quantitative estimate of drug-likeness (QED) is 0.0838. The van der Waals surface area contributed by atoms with E-state index in [1.807, 2.05) is 84.4 Å². The molecule has 11 rings (SSSR count). The highest BCUT2D eigenvalue weighted by Crippen LogP contribution is 2.43. The zero-order valence-electron chi connectivity index (χ0n) is 34.6. The van der Waals surface area contributed by atoms with Crippen molar-refractivity contribution in [2.75, 3.05) is 26.4 Å². The Morgan fingerprint density at radius 3 is 1.76 bits per heavy atom. The Bertz CT molecular complexity index is 3540. The van der Waals surface area contributed by atoms with Crippen LogP contribution in [-0.2, 0) is 16.5 Å². The van der Waals surface area contributed by atoms with Crippen molar-refractivity contribution in [3.8, 4) is 68.5 Å². The van der Waals surface area contributed by atoms with Crippen molar-refractivity contribution in [3.05, 3.63) is 103 Å². The van der Waals surface area contributed by atoms with Crippen molar-refractivity contribution < 1.29 is 35.8 Å². The third kappa shape index (κ3) is 6.07. The lowest BCUT2D eigenvalue weighted by atomic mass is 10.1. The summed E-state index contributed by atoms with van der Waals surface area (Å²) in [7, 11) is -4.25. The van der Waals surface area contributed by atoms with Crippen LogP contribution >= 0.6 is 0 Å². The van der Waals surface area contributed by atoms with E-state index in [4.69, 9.17) is 44.1 Å². The van der Waals surface area contributed by atoms with Crippen LogP contribution in [0.15, 0.2) is 102 Å². The second-order valence-electron chi connectivity index (χ2n) is 15.1. The predicted molar refractivity (Wildman–Crippen MR) is 237 cm³/mol. The number of rotatable bonds is 12. The molecule has 0 saturated heterocycles. The summed E-state index contributed by atoms with van der Waals surface area (Å²) >= 11 is 0. The minimum Gasteiger partial charge on any atom is -0.493 e. The number of benzene rings is 5. The number of hydrogen-bond acceptors (Lipinski definition) is 11. The first kappa shape index (κ1) is 38.5. The van der Waals surface area contributed by atoms with E-state index in [1.54, 1.807) is 42.5 Å². The maximum absolute atomic E-state index is 13.9. The van der Waals surface area contributed by atoms with Crippen LogP contribution in [0.4, 0.5) is 0 Å². The average molecular weight is 860 g/mol. The van der Waals surface area contributed by atoms with Gasteiger partial charge < -0.3 is 24.1 Å². The molecule has 4 bridgehead atoms. The summed E-state index contributed by atoms with van der Waals surface area (Å²) in [5.41, 5.74) is 11.5. The fraction of sp³-hybridized carbons (Fsp3) is 0.191. The largest absolute Gasteiger partial charge is 0.493 e. The summed E-state index contributed by atoms with van der Waals surface area (Å²) in [4.78, 5) is 28.8. The first-order chi connectivity index (χ1) is 30.8. The molecule has 16 heteroatoms. The van der Waals surface area contributed by atoms with Crippen LogP contribution < -0.4 is 33.2 Å². The fourth-order valence-electron chi connectivity index (χ4n) is 8.69. The molecular formula is C47H41N9O6S+2. The molecule has 2 aliphatic rings. The number of nitrogens with two attached hydrogens (primary N) is 1. The SMILES string of the molecule is CCOc1cccc2c1-c1nc3[nH]c(nc4[n+]5c(nc6[nH]c(nc-2[n+]15)c1c(OCC)cccc61)-c1cc(OS(=O)(=O)c2ccc(CCCN)cc2)ccc1-4)c1c(OCC)cccc31. The van der Waals surface area contributed by atoms with Gasteiger partial charge in [0.15, 0.2) is 0 Å². The summed E-state index contributed by atoms with van der Waals surface area (Å²) in [5, 5.41) is 3.09. The molecule has 0 aliphatic carbocycles. The lowest BCUT2D eigenvalue weighted by Crippen LogP contribution is -2.55. The van der Waals surface area contributed by atoms with Gasteiger partial charge in [0.05, 0.1) is 58.1 Å². The first-order valence-electron chi connectivity index (χ1n) is 20.9. The van der Waals surface area contributed by atoms with Crippen molar-refractivity contribution in [2.45, 2.75) is 38.5 Å². The van der Waals surface area contributed by atoms with Crippen LogP contribution in [0.3, 0.4) is 0 Å². The van der Waals surface area contributed by atoms with Crippen molar-refractivity contribution in [2.24, 2.45) is 5.73 Å². The van der Waals surface area contributed by atoms with Crippen LogP contribution in [0.5, 0.6) is 23.0 Å². The summed E-state index contributed by atoms with van der Waals surface area (Å²) in [5.74, 6) is 3.87. The number of nitrogens with zero attached hydrogens (tertiary/aromatic N) is 6. The van der Waals surface area contributed by atoms with E-state index in [9.17, 15) is 8.42 Å². The molecule has 5 aromatic carbocycles. The molecule has 0 amide bonds. The topological polar surface area (TPSA) is 188 Å². The Balaban J connectivity index is 1.28. The van der Waals surface area contributed by atoms with Gasteiger partial charge in [-0.25, -0.2) is 0 Å². The molecule has 4 aromatic heterocycles. The molecule has 0 atom stereocenters. The summed E-state index contributed by atoms with van der Waals surface area (Å²) in [6, 6.07) is 29.3. The van der Waals surface area contributed by atoms with Crippen molar-refractivity contribution in [1.82, 2.24) is 29.9 Å². The highest BCUT2D eigenvalue weighted by Gasteiger charge is 2.42. The zero-order chi connectivity index (χ0) is 43.0. The summed E-state index contributed by atoms with van der Waals surface area (Å²) in [6.07, 6.45) is 1.54. The number of H-pyrrole nitrogens is 2. The minimum absolute atomic E-state index is 0.0296. The summed E-state index contributed by atoms with van der Waals surface area (Å²) < 4.78 is 56.2. The van der Waals surface area contributed by atoms with E-state index < -0.39 is 10.1 Å². The molecule has 0 saturated carbocycles. The number of aromatic amines is 2. The van der Waals surface area contributed by atoms with Gasteiger partial charge in [-0.05, 0) is 112 Å². The molecule has 0 radical (unpaired) electrons. The maximum atomic E-state index is 13.9. The van der Waals surface area contributed by atoms with E-state index in [2.05, 4.69) is 9.97 Å². The average Bonchev–Trinajstić information content (AvgIpc) is 4.01. The smallest absolute Gasteiger partial charge is 0.339 e. The van der Waals surface area contributed by atoms with Crippen LogP contribution in [0.2, 0.25) is 0 Å². The van der Waals surface area contributed by atoms with Crippen molar-refractivity contribution in [1.29, 1.82) is 0 Å². The molecular weight excluding hydrogens is 819 g/mol. The van der Waals surface area contributed by atoms with Gasteiger partial charge in [-0.1, -0.05) is 59.3 Å². The molecule has 2 aliphatic heterocycles. The highest BCUT2D eigenvalue weighted by molar-refractivity contribution is 7.87. The zero-order valence-corrected chi connectivity index (χ0v) is 35.4. The van der Waals surface area contributed by atoms with Gasteiger partial charge in [-0.3, -0.25) is 9.97 Å². The first-order valence-corrected chi connectivity index (χ1v) is 22.4. The maximum Gasteiger partial charge on any atom is 0.339 e. The van der Waals surface area contributed by atoms with Gasteiger partial charge >= 0.3 is 33.4 Å². The number of aryl methyl sites for hydroxylation is 1. The Kier molecular flexibility index (Phi) is 9.09. The molecule has 0 unspecified atom stereocenters. The monoisotopic (exact) mass is 859 g/mol. The number of ether oxygens (including phenoxy) is 3. The molecule has 15 nitrogen and oxygen atoms in total. The standard InChI is InChI=1S/C47H41N9O6S/c1-4-59-34-15-7-12-30-37(34)43-49-40(30)51-46-33-25-27(62-63(57,58)28-21-18-26(19-22-28)11-10-24-48)20-23-29(33)44-53-42-38-31(13-8-16-35(38)60-5-2)41(50-42)52-47-39-32(14-9-17-36(39)61-6-3)45(54-43)56(47)55(44)46/h7-9,12-23,25H,4-6,10-11,24,48H2,1-3H3,(H,49,51,54)(H,50,52,53)/q+2. The van der Waals surface area contributed by atoms with Crippen LogP contribution in [0.1, 0.15) is 32.8 Å². The third-order valence-electron chi connectivity index (χ3n) is 11.3. The normalized spacial score (nSPS) is 12.3. The highest BCUT2D eigenvalue weighted by atomic mass is 32.2. The van der Waals surface area contributed by atoms with Crippen LogP contribution in [-0.4, -0.2) is 64.7 Å². The number of aromatic nitrogens is 8. The van der Waals surface area contributed by atoms with Crippen LogP contribution in [0, 0.1) is 0 Å². The Morgan fingerprint density at radius 1 is 0.587 bits per heavy atom. The second-order valence-corrected chi connectivity index (χ2v) is 16.7. The number of nitrogens with one attached hydrogen (secondary N) is 2. The predicted octanol–water partition coefficient (Wildman–Crippen LogP) is 7.13. The molecule has 0 fully saturated rings. The van der Waals surface area contributed by atoms with E-state index in [1.165, 1.54) is 0 Å². The van der Waals surface area contributed by atoms with E-state index >= 15 is 0 Å². The lowest BCUT2D eigenvalue weighted by Gasteiger charge is -2.08. The Labute approximate surface area is 360 Å². The van der Waals surface area contributed by atoms with Gasteiger partial charge in [-0.2, -0.15) is 8.42 Å². The molecule has 0 spiro atoms. The third-order valence-corrected chi connectivity index (χ3v) is 12.6. The van der Waals surface area contributed by atoms with Gasteiger partial charge in [0.2, 0.25) is 22.6 Å². The van der Waals surface area contributed by atoms with E-state index in [-0.39, 0.29) is 10.6 Å². The molecule has 4 N–H and O–H groups in total. The Morgan fingerprint density at radius 2 is 1.13 bits per heavy atom. The number of hydrogen-bond donors (Lipinski definition) is 3. The van der Waals surface area contributed by atoms with Crippen molar-refractivity contribution >= 4 is 54.3 Å². The fourth-order valence-corrected chi connectivity index (χ4v) is 9.61. The molecule has 9 aromatic rings. The summed E-state index contributed by atoms with van der Waals surface area (Å²) in [6.45, 7) is 7.65. The molecule has 314 valence electrons.